The predicted octanol–water partition coefficient (Wildman–Crippen LogP) is 2.91. The molecule has 1 fully saturated rings. The van der Waals surface area contributed by atoms with Crippen molar-refractivity contribution in [1.29, 1.82) is 5.41 Å². The molecule has 1 saturated heterocycles. The fraction of sp³-hybridized carbons (Fsp3) is 0.200. The number of rotatable bonds is 5. The maximum atomic E-state index is 12.8. The summed E-state index contributed by atoms with van der Waals surface area (Å²) in [6.07, 6.45) is 2.25. The molecule has 0 radical (unpaired) electrons. The number of hydrogen-bond donors (Lipinski definition) is 4. The molecule has 15 heteroatoms. The van der Waals surface area contributed by atoms with Crippen molar-refractivity contribution >= 4 is 68.1 Å². The molecule has 1 aliphatic heterocycles. The highest BCUT2D eigenvalue weighted by Crippen LogP contribution is 2.24. The van der Waals surface area contributed by atoms with Crippen molar-refractivity contribution in [3.05, 3.63) is 57.4 Å². The standard InChI is InChI=1S/C19H17ClN6O3S.CH4O3S/c1-25-10-13(16(24-25)23-18(28)14-6-7-15(20)30-14)17(27)22-11-2-4-12(5-3-11)26-8-9-29-19(26)21;1-5(2,3)4/h2-7,10,21H,8-9H2,1H3,(H,22,27)(H,23,24,28);1H3,(H,2,3,4). The van der Waals surface area contributed by atoms with E-state index >= 15 is 0 Å². The van der Waals surface area contributed by atoms with E-state index in [1.54, 1.807) is 48.3 Å². The van der Waals surface area contributed by atoms with Crippen LogP contribution in [0.4, 0.5) is 17.2 Å². The lowest BCUT2D eigenvalue weighted by Crippen LogP contribution is -2.23. The van der Waals surface area contributed by atoms with Crippen molar-refractivity contribution in [2.75, 3.05) is 34.9 Å². The quantitative estimate of drug-likeness (QED) is 0.358. The van der Waals surface area contributed by atoms with E-state index in [-0.39, 0.29) is 23.3 Å². The minimum Gasteiger partial charge on any atom is -0.463 e. The van der Waals surface area contributed by atoms with Crippen LogP contribution in [0.2, 0.25) is 4.34 Å². The highest BCUT2D eigenvalue weighted by atomic mass is 35.5. The number of carbonyl (C=O) groups excluding carboxylic acids is 2. The summed E-state index contributed by atoms with van der Waals surface area (Å²) in [5.41, 5.74) is 1.60. The lowest BCUT2D eigenvalue weighted by Gasteiger charge is -2.15. The van der Waals surface area contributed by atoms with Crippen molar-refractivity contribution in [2.24, 2.45) is 7.05 Å². The molecule has 2 aromatic heterocycles. The van der Waals surface area contributed by atoms with Crippen molar-refractivity contribution in [1.82, 2.24) is 9.78 Å². The van der Waals surface area contributed by atoms with Gasteiger partial charge in [0.25, 0.3) is 28.0 Å². The molecule has 0 aliphatic carbocycles. The summed E-state index contributed by atoms with van der Waals surface area (Å²) < 4.78 is 33.0. The van der Waals surface area contributed by atoms with Crippen LogP contribution in [0.15, 0.2) is 42.6 Å². The minimum atomic E-state index is -3.67. The average Bonchev–Trinajstić information content (AvgIpc) is 3.47. The zero-order valence-electron chi connectivity index (χ0n) is 18.5. The van der Waals surface area contributed by atoms with Crippen LogP contribution in [0.25, 0.3) is 0 Å². The minimum absolute atomic E-state index is 0.106. The first-order valence-electron chi connectivity index (χ1n) is 9.84. The fourth-order valence-electron chi connectivity index (χ4n) is 2.93. The maximum absolute atomic E-state index is 12.8. The summed E-state index contributed by atoms with van der Waals surface area (Å²) in [5.74, 6) is -0.643. The number of aromatic nitrogens is 2. The zero-order valence-corrected chi connectivity index (χ0v) is 20.9. The molecule has 3 heterocycles. The first-order valence-corrected chi connectivity index (χ1v) is 12.9. The van der Waals surface area contributed by atoms with Gasteiger partial charge < -0.3 is 15.4 Å². The predicted molar refractivity (Wildman–Crippen MR) is 133 cm³/mol. The second kappa shape index (κ2) is 10.9. The Kier molecular flexibility index (Phi) is 8.11. The number of anilines is 3. The van der Waals surface area contributed by atoms with Gasteiger partial charge in [-0.3, -0.25) is 29.1 Å². The van der Waals surface area contributed by atoms with Gasteiger partial charge in [-0.15, -0.1) is 11.3 Å². The number of ether oxygens (including phenoxy) is 1. The number of thiophene rings is 1. The van der Waals surface area contributed by atoms with Gasteiger partial charge >= 0.3 is 0 Å². The van der Waals surface area contributed by atoms with Crippen LogP contribution >= 0.6 is 22.9 Å². The van der Waals surface area contributed by atoms with Crippen LogP contribution in [0.1, 0.15) is 20.0 Å². The number of amides is 2. The molecule has 2 amide bonds. The van der Waals surface area contributed by atoms with Gasteiger partial charge in [0.15, 0.2) is 5.82 Å². The van der Waals surface area contributed by atoms with Gasteiger partial charge in [0.2, 0.25) is 0 Å². The van der Waals surface area contributed by atoms with E-state index in [9.17, 15) is 18.0 Å². The largest absolute Gasteiger partial charge is 0.463 e. The van der Waals surface area contributed by atoms with Crippen molar-refractivity contribution in [3.8, 4) is 0 Å². The van der Waals surface area contributed by atoms with Crippen molar-refractivity contribution < 1.29 is 27.3 Å². The molecule has 35 heavy (non-hydrogen) atoms. The van der Waals surface area contributed by atoms with Crippen LogP contribution in [0, 0.1) is 5.41 Å². The number of benzene rings is 1. The van der Waals surface area contributed by atoms with E-state index in [1.807, 2.05) is 0 Å². The Labute approximate surface area is 209 Å². The molecule has 1 aliphatic rings. The molecule has 186 valence electrons. The zero-order chi connectivity index (χ0) is 25.8. The lowest BCUT2D eigenvalue weighted by molar-refractivity contribution is 0.102. The van der Waals surface area contributed by atoms with Gasteiger partial charge in [0.1, 0.15) is 12.2 Å². The smallest absolute Gasteiger partial charge is 0.289 e. The van der Waals surface area contributed by atoms with Crippen LogP contribution in [-0.4, -0.2) is 60.0 Å². The third kappa shape index (κ3) is 7.51. The molecule has 0 spiro atoms. The molecule has 0 atom stereocenters. The van der Waals surface area contributed by atoms with E-state index < -0.39 is 16.0 Å². The Morgan fingerprint density at radius 1 is 1.17 bits per heavy atom. The molecule has 1 aromatic carbocycles. The Morgan fingerprint density at radius 3 is 2.37 bits per heavy atom. The monoisotopic (exact) mass is 540 g/mol. The normalized spacial score (nSPS) is 13.0. The summed E-state index contributed by atoms with van der Waals surface area (Å²) in [6, 6.07) is 10.4. The van der Waals surface area contributed by atoms with E-state index in [1.165, 1.54) is 10.9 Å². The highest BCUT2D eigenvalue weighted by Gasteiger charge is 2.21. The summed E-state index contributed by atoms with van der Waals surface area (Å²) in [7, 11) is -2.00. The molecule has 4 N–H and O–H groups in total. The topological polar surface area (TPSA) is 167 Å². The van der Waals surface area contributed by atoms with E-state index in [4.69, 9.17) is 26.3 Å². The van der Waals surface area contributed by atoms with Gasteiger partial charge in [-0.25, -0.2) is 0 Å². The summed E-state index contributed by atoms with van der Waals surface area (Å²) in [4.78, 5) is 27.3. The second-order valence-corrected chi connectivity index (χ2v) is 10.3. The first-order chi connectivity index (χ1) is 16.4. The van der Waals surface area contributed by atoms with Gasteiger partial charge in [0, 0.05) is 24.6 Å². The number of amidine groups is 1. The van der Waals surface area contributed by atoms with E-state index in [0.717, 1.165) is 17.0 Å². The van der Waals surface area contributed by atoms with Gasteiger partial charge in [-0.05, 0) is 36.4 Å². The number of halogens is 1. The van der Waals surface area contributed by atoms with Crippen LogP contribution < -0.4 is 15.5 Å². The SMILES string of the molecule is CS(=O)(=O)O.Cn1cc(C(=O)Nc2ccc(N3CCOC3=N)cc2)c(NC(=O)c2ccc(Cl)s2)n1. The second-order valence-electron chi connectivity index (χ2n) is 7.16. The third-order valence-electron chi connectivity index (χ3n) is 4.34. The molecule has 3 aromatic rings. The Morgan fingerprint density at radius 2 is 1.83 bits per heavy atom. The van der Waals surface area contributed by atoms with Gasteiger partial charge in [-0.1, -0.05) is 11.6 Å². The average molecular weight is 541 g/mol. The Bertz CT molecular complexity index is 1340. The van der Waals surface area contributed by atoms with E-state index in [0.29, 0.717) is 34.3 Å². The third-order valence-corrected chi connectivity index (χ3v) is 5.57. The number of carbonyl (C=O) groups is 2. The summed E-state index contributed by atoms with van der Waals surface area (Å²) in [5, 5.41) is 17.4. The molecular formula is C20H21ClN6O6S2. The first kappa shape index (κ1) is 26.2. The molecule has 12 nitrogen and oxygen atoms in total. The van der Waals surface area contributed by atoms with E-state index in [2.05, 4.69) is 15.7 Å². The molecule has 0 saturated carbocycles. The van der Waals surface area contributed by atoms with Crippen LogP contribution in [0.3, 0.4) is 0 Å². The number of aryl methyl sites for hydroxylation is 1. The Balaban J connectivity index is 0.000000623. The number of nitrogens with one attached hydrogen (secondary N) is 3. The molecule has 4 rings (SSSR count). The van der Waals surface area contributed by atoms with Crippen LogP contribution in [-0.2, 0) is 21.9 Å². The molecule has 0 bridgehead atoms. The lowest BCUT2D eigenvalue weighted by atomic mass is 10.2. The molecular weight excluding hydrogens is 520 g/mol. The van der Waals surface area contributed by atoms with Crippen LogP contribution in [0.5, 0.6) is 0 Å². The summed E-state index contributed by atoms with van der Waals surface area (Å²) >= 11 is 7.02. The molecule has 0 unspecified atom stereocenters. The Hall–Kier alpha value is -3.46. The fourth-order valence-corrected chi connectivity index (χ4v) is 3.87. The highest BCUT2D eigenvalue weighted by molar-refractivity contribution is 7.85. The van der Waals surface area contributed by atoms with Gasteiger partial charge in [0.05, 0.1) is 22.0 Å². The van der Waals surface area contributed by atoms with Crippen molar-refractivity contribution in [3.63, 3.8) is 0 Å². The number of hydrogen-bond acceptors (Lipinski definition) is 8. The number of nitrogens with zero attached hydrogens (tertiary/aromatic N) is 3. The van der Waals surface area contributed by atoms with Gasteiger partial charge in [-0.2, -0.15) is 13.5 Å². The van der Waals surface area contributed by atoms with Crippen molar-refractivity contribution in [2.45, 2.75) is 0 Å². The summed E-state index contributed by atoms with van der Waals surface area (Å²) in [6.45, 7) is 1.09. The maximum Gasteiger partial charge on any atom is 0.289 e.